The molecular formula is C20H15FN2OS. The Labute approximate surface area is 148 Å². The van der Waals surface area contributed by atoms with Crippen LogP contribution in [0.25, 0.3) is 20.7 Å². The van der Waals surface area contributed by atoms with Crippen molar-refractivity contribution in [2.75, 3.05) is 0 Å². The Hall–Kier alpha value is -2.79. The second kappa shape index (κ2) is 6.26. The molecule has 25 heavy (non-hydrogen) atoms. The van der Waals surface area contributed by atoms with E-state index in [0.717, 1.165) is 26.4 Å². The van der Waals surface area contributed by atoms with Crippen LogP contribution >= 0.6 is 11.3 Å². The zero-order chi connectivity index (χ0) is 17.4. The molecular weight excluding hydrogens is 335 g/mol. The van der Waals surface area contributed by atoms with Gasteiger partial charge in [-0.3, -0.25) is 9.36 Å². The number of hydrogen-bond donors (Lipinski definition) is 0. The lowest BCUT2D eigenvalue weighted by Crippen LogP contribution is -2.21. The summed E-state index contributed by atoms with van der Waals surface area (Å²) >= 11 is 1.53. The van der Waals surface area contributed by atoms with E-state index >= 15 is 0 Å². The Morgan fingerprint density at radius 3 is 2.52 bits per heavy atom. The molecule has 0 fully saturated rings. The highest BCUT2D eigenvalue weighted by atomic mass is 32.1. The van der Waals surface area contributed by atoms with E-state index in [0.29, 0.717) is 11.9 Å². The van der Waals surface area contributed by atoms with Crippen LogP contribution in [0.1, 0.15) is 11.1 Å². The number of rotatable bonds is 3. The van der Waals surface area contributed by atoms with Gasteiger partial charge in [-0.25, -0.2) is 9.37 Å². The summed E-state index contributed by atoms with van der Waals surface area (Å²) in [4.78, 5) is 19.2. The molecule has 124 valence electrons. The fourth-order valence-corrected chi connectivity index (χ4v) is 4.07. The minimum Gasteiger partial charge on any atom is -0.294 e. The quantitative estimate of drug-likeness (QED) is 0.540. The highest BCUT2D eigenvalue weighted by molar-refractivity contribution is 7.22. The summed E-state index contributed by atoms with van der Waals surface area (Å²) in [6.45, 7) is 2.34. The Morgan fingerprint density at radius 1 is 1.08 bits per heavy atom. The van der Waals surface area contributed by atoms with Crippen molar-refractivity contribution in [3.05, 3.63) is 88.2 Å². The van der Waals surface area contributed by atoms with Crippen molar-refractivity contribution in [3.63, 3.8) is 0 Å². The molecule has 3 nitrogen and oxygen atoms in total. The number of aryl methyl sites for hydroxylation is 1. The fourth-order valence-electron chi connectivity index (χ4n) is 2.92. The number of thiophene rings is 1. The summed E-state index contributed by atoms with van der Waals surface area (Å²) in [6, 6.07) is 16.2. The number of aromatic nitrogens is 2. The van der Waals surface area contributed by atoms with Crippen LogP contribution in [0.5, 0.6) is 0 Å². The van der Waals surface area contributed by atoms with Crippen molar-refractivity contribution >= 4 is 21.6 Å². The topological polar surface area (TPSA) is 34.9 Å². The van der Waals surface area contributed by atoms with E-state index in [1.165, 1.54) is 23.5 Å². The molecule has 0 N–H and O–H groups in total. The smallest absolute Gasteiger partial charge is 0.262 e. The van der Waals surface area contributed by atoms with Crippen LogP contribution in [0.4, 0.5) is 4.39 Å². The number of hydrogen-bond acceptors (Lipinski definition) is 3. The van der Waals surface area contributed by atoms with Crippen LogP contribution in [-0.2, 0) is 6.54 Å². The highest BCUT2D eigenvalue weighted by Crippen LogP contribution is 2.35. The summed E-state index contributed by atoms with van der Waals surface area (Å²) in [5, 5.41) is 0.661. The molecule has 4 rings (SSSR count). The molecule has 2 aromatic heterocycles. The van der Waals surface area contributed by atoms with E-state index in [4.69, 9.17) is 0 Å². The van der Waals surface area contributed by atoms with Gasteiger partial charge in [-0.2, -0.15) is 0 Å². The molecule has 0 radical (unpaired) electrons. The third-order valence-electron chi connectivity index (χ3n) is 4.22. The third-order valence-corrected chi connectivity index (χ3v) is 5.47. The zero-order valence-electron chi connectivity index (χ0n) is 13.6. The predicted molar refractivity (Wildman–Crippen MR) is 99.6 cm³/mol. The Morgan fingerprint density at radius 2 is 1.80 bits per heavy atom. The van der Waals surface area contributed by atoms with Crippen molar-refractivity contribution in [3.8, 4) is 10.4 Å². The summed E-state index contributed by atoms with van der Waals surface area (Å²) in [6.07, 6.45) is 1.57. The van der Waals surface area contributed by atoms with E-state index in [1.54, 1.807) is 23.0 Å². The maximum Gasteiger partial charge on any atom is 0.262 e. The molecule has 0 aliphatic rings. The van der Waals surface area contributed by atoms with Gasteiger partial charge in [0.15, 0.2) is 0 Å². The van der Waals surface area contributed by atoms with Crippen LogP contribution in [0, 0.1) is 12.7 Å². The largest absolute Gasteiger partial charge is 0.294 e. The van der Waals surface area contributed by atoms with E-state index < -0.39 is 0 Å². The van der Waals surface area contributed by atoms with Crippen molar-refractivity contribution in [2.45, 2.75) is 13.5 Å². The SMILES string of the molecule is Cc1c(-c2ccccc2)sc2ncn(Cc3ccc(F)cc3)c(=O)c12. The molecule has 0 aliphatic carbocycles. The van der Waals surface area contributed by atoms with Gasteiger partial charge in [-0.05, 0) is 35.7 Å². The Balaban J connectivity index is 1.81. The van der Waals surface area contributed by atoms with Crippen LogP contribution in [-0.4, -0.2) is 9.55 Å². The van der Waals surface area contributed by atoms with Crippen LogP contribution in [0.3, 0.4) is 0 Å². The highest BCUT2D eigenvalue weighted by Gasteiger charge is 2.15. The standard InChI is InChI=1S/C20H15FN2OS/c1-13-17-19(25-18(13)15-5-3-2-4-6-15)22-12-23(20(17)24)11-14-7-9-16(21)10-8-14/h2-10,12H,11H2,1H3. The van der Waals surface area contributed by atoms with Gasteiger partial charge in [0, 0.05) is 4.88 Å². The molecule has 0 saturated heterocycles. The van der Waals surface area contributed by atoms with Crippen molar-refractivity contribution in [2.24, 2.45) is 0 Å². The first-order chi connectivity index (χ1) is 12.1. The molecule has 2 aromatic carbocycles. The average Bonchev–Trinajstić information content (AvgIpc) is 2.97. The molecule has 0 bridgehead atoms. The van der Waals surface area contributed by atoms with Crippen LogP contribution < -0.4 is 5.56 Å². The minimum atomic E-state index is -0.286. The first kappa shape index (κ1) is 15.7. The van der Waals surface area contributed by atoms with Gasteiger partial charge < -0.3 is 0 Å². The lowest BCUT2D eigenvalue weighted by Gasteiger charge is -2.05. The maximum absolute atomic E-state index is 13.1. The molecule has 0 spiro atoms. The lowest BCUT2D eigenvalue weighted by atomic mass is 10.1. The number of fused-ring (bicyclic) bond motifs is 1. The first-order valence-electron chi connectivity index (χ1n) is 7.92. The van der Waals surface area contributed by atoms with E-state index in [9.17, 15) is 9.18 Å². The summed E-state index contributed by atoms with van der Waals surface area (Å²) in [5.41, 5.74) is 2.84. The van der Waals surface area contributed by atoms with Crippen molar-refractivity contribution in [1.29, 1.82) is 0 Å². The number of nitrogens with zero attached hydrogens (tertiary/aromatic N) is 2. The third kappa shape index (κ3) is 2.87. The molecule has 2 heterocycles. The number of benzene rings is 2. The van der Waals surface area contributed by atoms with Gasteiger partial charge in [-0.15, -0.1) is 11.3 Å². The molecule has 4 aromatic rings. The Kier molecular flexibility index (Phi) is 3.93. The zero-order valence-corrected chi connectivity index (χ0v) is 14.4. The summed E-state index contributed by atoms with van der Waals surface area (Å²) in [5.74, 6) is -0.286. The van der Waals surface area contributed by atoms with Crippen molar-refractivity contribution in [1.82, 2.24) is 9.55 Å². The summed E-state index contributed by atoms with van der Waals surface area (Å²) in [7, 11) is 0. The number of halogens is 1. The maximum atomic E-state index is 13.1. The molecule has 0 aliphatic heterocycles. The summed E-state index contributed by atoms with van der Waals surface area (Å²) < 4.78 is 14.6. The fraction of sp³-hybridized carbons (Fsp3) is 0.100. The van der Waals surface area contributed by atoms with Crippen molar-refractivity contribution < 1.29 is 4.39 Å². The molecule has 0 amide bonds. The first-order valence-corrected chi connectivity index (χ1v) is 8.73. The van der Waals surface area contributed by atoms with Gasteiger partial charge in [-0.1, -0.05) is 42.5 Å². The molecule has 0 atom stereocenters. The second-order valence-corrected chi connectivity index (χ2v) is 6.91. The second-order valence-electron chi connectivity index (χ2n) is 5.91. The minimum absolute atomic E-state index is 0.0646. The normalized spacial score (nSPS) is 11.1. The van der Waals surface area contributed by atoms with Gasteiger partial charge in [0.2, 0.25) is 0 Å². The average molecular weight is 350 g/mol. The van der Waals surface area contributed by atoms with Gasteiger partial charge >= 0.3 is 0 Å². The van der Waals surface area contributed by atoms with Gasteiger partial charge in [0.25, 0.3) is 5.56 Å². The molecule has 5 heteroatoms. The van der Waals surface area contributed by atoms with Crippen LogP contribution in [0.15, 0.2) is 65.7 Å². The molecule has 0 saturated carbocycles. The van der Waals surface area contributed by atoms with Crippen LogP contribution in [0.2, 0.25) is 0 Å². The van der Waals surface area contributed by atoms with E-state index in [2.05, 4.69) is 4.98 Å². The molecule has 0 unspecified atom stereocenters. The van der Waals surface area contributed by atoms with E-state index in [-0.39, 0.29) is 11.4 Å². The lowest BCUT2D eigenvalue weighted by molar-refractivity contribution is 0.626. The van der Waals surface area contributed by atoms with Gasteiger partial charge in [0.1, 0.15) is 10.6 Å². The Bertz CT molecular complexity index is 1100. The predicted octanol–water partition coefficient (Wildman–Crippen LogP) is 4.62. The monoisotopic (exact) mass is 350 g/mol. The van der Waals surface area contributed by atoms with E-state index in [1.807, 2.05) is 37.3 Å². The van der Waals surface area contributed by atoms with Gasteiger partial charge in [0.05, 0.1) is 18.3 Å².